The van der Waals surface area contributed by atoms with Gasteiger partial charge in [-0.3, -0.25) is 4.79 Å². The highest BCUT2D eigenvalue weighted by atomic mass is 35.5. The summed E-state index contributed by atoms with van der Waals surface area (Å²) in [6, 6.07) is 7.00. The smallest absolute Gasteiger partial charge is 0.240 e. The first-order chi connectivity index (χ1) is 9.04. The molecule has 19 heavy (non-hydrogen) atoms. The second kappa shape index (κ2) is 4.47. The van der Waals surface area contributed by atoms with Gasteiger partial charge in [-0.1, -0.05) is 11.6 Å². The Balaban J connectivity index is 2.09. The van der Waals surface area contributed by atoms with Gasteiger partial charge in [0.15, 0.2) is 5.76 Å². The first kappa shape index (κ1) is 12.4. The molecule has 0 amide bonds. The molecule has 2 aromatic heterocycles. The summed E-state index contributed by atoms with van der Waals surface area (Å²) in [5.41, 5.74) is 1.40. The molecule has 0 N–H and O–H groups in total. The number of hydrogen-bond donors (Lipinski definition) is 0. The number of fused-ring (bicyclic) bond motifs is 1. The van der Waals surface area contributed by atoms with E-state index in [0.717, 1.165) is 16.1 Å². The SMILES string of the molecule is Cc1nc(C)c(C(=O)c2cc3cc(Cl)ccc3o2)s1. The van der Waals surface area contributed by atoms with E-state index in [-0.39, 0.29) is 5.78 Å². The van der Waals surface area contributed by atoms with E-state index in [9.17, 15) is 4.79 Å². The minimum Gasteiger partial charge on any atom is -0.453 e. The molecular weight excluding hydrogens is 282 g/mol. The third kappa shape index (κ3) is 2.17. The molecule has 0 aliphatic heterocycles. The monoisotopic (exact) mass is 291 g/mol. The third-order valence-electron chi connectivity index (χ3n) is 2.81. The molecule has 0 radical (unpaired) electrons. The van der Waals surface area contributed by atoms with Crippen LogP contribution in [0.25, 0.3) is 11.0 Å². The number of nitrogens with zero attached hydrogens (tertiary/aromatic N) is 1. The van der Waals surface area contributed by atoms with E-state index < -0.39 is 0 Å². The van der Waals surface area contributed by atoms with Crippen LogP contribution in [-0.2, 0) is 0 Å². The Hall–Kier alpha value is -1.65. The molecule has 0 atom stereocenters. The van der Waals surface area contributed by atoms with Crippen LogP contribution >= 0.6 is 22.9 Å². The number of benzene rings is 1. The molecule has 1 aromatic carbocycles. The highest BCUT2D eigenvalue weighted by molar-refractivity contribution is 7.13. The molecule has 0 saturated heterocycles. The minimum absolute atomic E-state index is 0.129. The molecular formula is C14H10ClNO2S. The predicted molar refractivity (Wildman–Crippen MR) is 76.2 cm³/mol. The van der Waals surface area contributed by atoms with E-state index in [4.69, 9.17) is 16.0 Å². The van der Waals surface area contributed by atoms with Gasteiger partial charge in [0.05, 0.1) is 10.7 Å². The molecule has 3 rings (SSSR count). The number of carbonyl (C=O) groups excluding carboxylic acids is 1. The Bertz CT molecular complexity index is 788. The van der Waals surface area contributed by atoms with Gasteiger partial charge in [0, 0.05) is 10.4 Å². The van der Waals surface area contributed by atoms with Crippen molar-refractivity contribution >= 4 is 39.7 Å². The quantitative estimate of drug-likeness (QED) is 0.658. The van der Waals surface area contributed by atoms with Crippen LogP contribution in [-0.4, -0.2) is 10.8 Å². The van der Waals surface area contributed by atoms with E-state index in [0.29, 0.717) is 21.2 Å². The van der Waals surface area contributed by atoms with E-state index in [1.807, 2.05) is 13.8 Å². The van der Waals surface area contributed by atoms with Crippen molar-refractivity contribution < 1.29 is 9.21 Å². The number of carbonyl (C=O) groups is 1. The molecule has 3 nitrogen and oxygen atoms in total. The molecule has 0 fully saturated rings. The average Bonchev–Trinajstić information content (AvgIpc) is 2.91. The Labute approximate surface area is 118 Å². The zero-order chi connectivity index (χ0) is 13.6. The number of aryl methyl sites for hydroxylation is 2. The average molecular weight is 292 g/mol. The number of aromatic nitrogens is 1. The fourth-order valence-corrected chi connectivity index (χ4v) is 3.03. The van der Waals surface area contributed by atoms with Gasteiger partial charge in [0.1, 0.15) is 10.5 Å². The first-order valence-electron chi connectivity index (χ1n) is 5.72. The standard InChI is InChI=1S/C14H10ClNO2S/c1-7-14(19-8(2)16-7)13(17)12-6-9-5-10(15)3-4-11(9)18-12/h3-6H,1-2H3. The maximum absolute atomic E-state index is 12.4. The summed E-state index contributed by atoms with van der Waals surface area (Å²) >= 11 is 7.30. The van der Waals surface area contributed by atoms with Gasteiger partial charge in [-0.2, -0.15) is 0 Å². The summed E-state index contributed by atoms with van der Waals surface area (Å²) in [4.78, 5) is 17.3. The summed E-state index contributed by atoms with van der Waals surface area (Å²) in [6.07, 6.45) is 0. The van der Waals surface area contributed by atoms with Crippen LogP contribution in [0.1, 0.15) is 26.1 Å². The lowest BCUT2D eigenvalue weighted by atomic mass is 10.2. The van der Waals surface area contributed by atoms with Crippen molar-refractivity contribution in [1.29, 1.82) is 0 Å². The van der Waals surface area contributed by atoms with Gasteiger partial charge < -0.3 is 4.42 Å². The number of furan rings is 1. The van der Waals surface area contributed by atoms with Crippen LogP contribution in [0.4, 0.5) is 0 Å². The first-order valence-corrected chi connectivity index (χ1v) is 6.92. The van der Waals surface area contributed by atoms with Crippen molar-refractivity contribution in [2.45, 2.75) is 13.8 Å². The van der Waals surface area contributed by atoms with Gasteiger partial charge in [-0.15, -0.1) is 11.3 Å². The molecule has 3 aromatic rings. The van der Waals surface area contributed by atoms with Gasteiger partial charge >= 0.3 is 0 Å². The second-order valence-electron chi connectivity index (χ2n) is 4.27. The summed E-state index contributed by atoms with van der Waals surface area (Å²) in [5.74, 6) is 0.194. The lowest BCUT2D eigenvalue weighted by Gasteiger charge is -1.93. The normalized spacial score (nSPS) is 11.1. The van der Waals surface area contributed by atoms with E-state index in [1.54, 1.807) is 24.3 Å². The molecule has 5 heteroatoms. The summed E-state index contributed by atoms with van der Waals surface area (Å²) in [7, 11) is 0. The molecule has 0 unspecified atom stereocenters. The van der Waals surface area contributed by atoms with E-state index in [1.165, 1.54) is 11.3 Å². The summed E-state index contributed by atoms with van der Waals surface area (Å²) in [6.45, 7) is 3.71. The van der Waals surface area contributed by atoms with Crippen LogP contribution in [0.15, 0.2) is 28.7 Å². The van der Waals surface area contributed by atoms with E-state index >= 15 is 0 Å². The second-order valence-corrected chi connectivity index (χ2v) is 5.91. The Morgan fingerprint density at radius 3 is 2.79 bits per heavy atom. The highest BCUT2D eigenvalue weighted by Crippen LogP contribution is 2.27. The van der Waals surface area contributed by atoms with Crippen LogP contribution in [0.2, 0.25) is 5.02 Å². The number of halogens is 1. The van der Waals surface area contributed by atoms with Crippen LogP contribution < -0.4 is 0 Å². The van der Waals surface area contributed by atoms with Crippen LogP contribution in [0, 0.1) is 13.8 Å². The molecule has 0 bridgehead atoms. The van der Waals surface area contributed by atoms with Crippen LogP contribution in [0.5, 0.6) is 0 Å². The number of rotatable bonds is 2. The molecule has 0 saturated carbocycles. The van der Waals surface area contributed by atoms with Crippen molar-refractivity contribution in [3.05, 3.63) is 50.6 Å². The lowest BCUT2D eigenvalue weighted by Crippen LogP contribution is -1.98. The van der Waals surface area contributed by atoms with Crippen molar-refractivity contribution in [3.63, 3.8) is 0 Å². The van der Waals surface area contributed by atoms with Crippen molar-refractivity contribution in [2.75, 3.05) is 0 Å². The van der Waals surface area contributed by atoms with Gasteiger partial charge in [0.2, 0.25) is 5.78 Å². The molecule has 0 aliphatic rings. The highest BCUT2D eigenvalue weighted by Gasteiger charge is 2.19. The minimum atomic E-state index is -0.129. The number of ketones is 1. The largest absolute Gasteiger partial charge is 0.453 e. The maximum Gasteiger partial charge on any atom is 0.240 e. The van der Waals surface area contributed by atoms with Gasteiger partial charge in [0.25, 0.3) is 0 Å². The molecule has 0 spiro atoms. The zero-order valence-electron chi connectivity index (χ0n) is 10.4. The van der Waals surface area contributed by atoms with Crippen molar-refractivity contribution in [3.8, 4) is 0 Å². The fourth-order valence-electron chi connectivity index (χ4n) is 1.98. The Morgan fingerprint density at radius 2 is 2.11 bits per heavy atom. The zero-order valence-corrected chi connectivity index (χ0v) is 11.9. The Kier molecular flexibility index (Phi) is 2.92. The molecule has 96 valence electrons. The molecule has 0 aliphatic carbocycles. The van der Waals surface area contributed by atoms with Crippen LogP contribution in [0.3, 0.4) is 0 Å². The van der Waals surface area contributed by atoms with Gasteiger partial charge in [-0.25, -0.2) is 4.98 Å². The summed E-state index contributed by atoms with van der Waals surface area (Å²) in [5, 5.41) is 2.33. The van der Waals surface area contributed by atoms with E-state index in [2.05, 4.69) is 4.98 Å². The van der Waals surface area contributed by atoms with Crippen molar-refractivity contribution in [2.24, 2.45) is 0 Å². The number of hydrogen-bond acceptors (Lipinski definition) is 4. The lowest BCUT2D eigenvalue weighted by molar-refractivity contribution is 0.101. The number of thiazole rings is 1. The van der Waals surface area contributed by atoms with Crippen molar-refractivity contribution in [1.82, 2.24) is 4.98 Å². The predicted octanol–water partition coefficient (Wildman–Crippen LogP) is 4.39. The van der Waals surface area contributed by atoms with Gasteiger partial charge in [-0.05, 0) is 38.1 Å². The third-order valence-corrected chi connectivity index (χ3v) is 4.12. The summed E-state index contributed by atoms with van der Waals surface area (Å²) < 4.78 is 5.57. The maximum atomic E-state index is 12.4. The topological polar surface area (TPSA) is 43.1 Å². The molecule has 2 heterocycles. The Morgan fingerprint density at radius 1 is 1.32 bits per heavy atom. The fraction of sp³-hybridized carbons (Fsp3) is 0.143.